The third-order valence-corrected chi connectivity index (χ3v) is 4.81. The summed E-state index contributed by atoms with van der Waals surface area (Å²) in [6.07, 6.45) is 4.80. The van der Waals surface area contributed by atoms with Crippen molar-refractivity contribution in [1.82, 2.24) is 0 Å². The fourth-order valence-corrected chi connectivity index (χ4v) is 3.19. The molecule has 3 aromatic rings. The van der Waals surface area contributed by atoms with E-state index in [9.17, 15) is 4.39 Å². The highest BCUT2D eigenvalue weighted by molar-refractivity contribution is 5.72. The second-order valence-electron chi connectivity index (χ2n) is 6.68. The zero-order valence-electron chi connectivity index (χ0n) is 15.6. The van der Waals surface area contributed by atoms with Crippen molar-refractivity contribution in [3.63, 3.8) is 0 Å². The molecule has 134 valence electrons. The average Bonchev–Trinajstić information content (AvgIpc) is 2.69. The Balaban J connectivity index is 1.78. The van der Waals surface area contributed by atoms with Gasteiger partial charge < -0.3 is 5.32 Å². The molecule has 0 saturated carbocycles. The number of hydrogen-bond donors (Lipinski definition) is 1. The van der Waals surface area contributed by atoms with E-state index in [-0.39, 0.29) is 5.82 Å². The molecule has 3 aromatic carbocycles. The Hall–Kier alpha value is -2.61. The number of unbranched alkanes of at least 4 members (excludes halogenated alkanes) is 2. The normalized spacial score (nSPS) is 10.7. The lowest BCUT2D eigenvalue weighted by Crippen LogP contribution is -1.90. The van der Waals surface area contributed by atoms with E-state index in [0.29, 0.717) is 5.56 Å². The van der Waals surface area contributed by atoms with Crippen molar-refractivity contribution in [3.8, 4) is 22.3 Å². The van der Waals surface area contributed by atoms with Gasteiger partial charge in [-0.1, -0.05) is 68.3 Å². The zero-order chi connectivity index (χ0) is 18.4. The van der Waals surface area contributed by atoms with Crippen LogP contribution in [0.15, 0.2) is 66.7 Å². The van der Waals surface area contributed by atoms with Crippen molar-refractivity contribution in [2.45, 2.75) is 32.6 Å². The summed E-state index contributed by atoms with van der Waals surface area (Å²) in [7, 11) is 1.89. The second kappa shape index (κ2) is 8.66. The van der Waals surface area contributed by atoms with Gasteiger partial charge in [0.15, 0.2) is 0 Å². The molecular formula is C24H26FN. The van der Waals surface area contributed by atoms with Gasteiger partial charge in [0.25, 0.3) is 0 Å². The molecule has 0 unspecified atom stereocenters. The Morgan fingerprint density at radius 2 is 1.42 bits per heavy atom. The molecule has 0 spiro atoms. The molecular weight excluding hydrogens is 321 g/mol. The van der Waals surface area contributed by atoms with Gasteiger partial charge in [0.2, 0.25) is 0 Å². The van der Waals surface area contributed by atoms with Gasteiger partial charge >= 0.3 is 0 Å². The van der Waals surface area contributed by atoms with Gasteiger partial charge in [-0.2, -0.15) is 0 Å². The van der Waals surface area contributed by atoms with Gasteiger partial charge in [-0.05, 0) is 53.3 Å². The minimum absolute atomic E-state index is 0.182. The third kappa shape index (κ3) is 4.32. The summed E-state index contributed by atoms with van der Waals surface area (Å²) in [5.41, 5.74) is 5.86. The minimum Gasteiger partial charge on any atom is -0.388 e. The van der Waals surface area contributed by atoms with Crippen LogP contribution in [-0.2, 0) is 6.42 Å². The van der Waals surface area contributed by atoms with Crippen LogP contribution in [-0.4, -0.2) is 7.05 Å². The maximum absolute atomic E-state index is 14.7. The molecule has 0 aliphatic carbocycles. The third-order valence-electron chi connectivity index (χ3n) is 4.81. The number of rotatable bonds is 7. The molecule has 0 fully saturated rings. The predicted octanol–water partition coefficient (Wildman–Crippen LogP) is 6.93. The molecule has 0 saturated heterocycles. The topological polar surface area (TPSA) is 12.0 Å². The van der Waals surface area contributed by atoms with Gasteiger partial charge in [-0.15, -0.1) is 0 Å². The summed E-state index contributed by atoms with van der Waals surface area (Å²) in [6, 6.07) is 21.8. The number of nitrogens with one attached hydrogen (secondary N) is 1. The highest BCUT2D eigenvalue weighted by Gasteiger charge is 2.08. The number of benzene rings is 3. The van der Waals surface area contributed by atoms with Gasteiger partial charge in [0.1, 0.15) is 5.82 Å². The Morgan fingerprint density at radius 1 is 0.769 bits per heavy atom. The Morgan fingerprint density at radius 3 is 2.04 bits per heavy atom. The second-order valence-corrected chi connectivity index (χ2v) is 6.68. The molecule has 2 heteroatoms. The van der Waals surface area contributed by atoms with Gasteiger partial charge in [0.05, 0.1) is 0 Å². The quantitative estimate of drug-likeness (QED) is 0.457. The summed E-state index contributed by atoms with van der Waals surface area (Å²) in [6.45, 7) is 2.21. The van der Waals surface area contributed by atoms with Crippen molar-refractivity contribution in [2.75, 3.05) is 12.4 Å². The van der Waals surface area contributed by atoms with Crippen LogP contribution in [0.4, 0.5) is 10.1 Å². The highest BCUT2D eigenvalue weighted by atomic mass is 19.1. The maximum atomic E-state index is 14.7. The SMILES string of the molecule is CCCCCc1ccc(-c2ccc(-c3ccc(NC)cc3)cc2F)cc1. The molecule has 0 amide bonds. The smallest absolute Gasteiger partial charge is 0.131 e. The molecule has 0 atom stereocenters. The lowest BCUT2D eigenvalue weighted by molar-refractivity contribution is 0.632. The van der Waals surface area contributed by atoms with Crippen molar-refractivity contribution < 1.29 is 4.39 Å². The molecule has 26 heavy (non-hydrogen) atoms. The lowest BCUT2D eigenvalue weighted by atomic mass is 9.98. The van der Waals surface area contributed by atoms with Crippen LogP contribution in [0.1, 0.15) is 31.7 Å². The molecule has 0 aliphatic rings. The molecule has 0 bridgehead atoms. The van der Waals surface area contributed by atoms with Crippen LogP contribution in [0.3, 0.4) is 0 Å². The zero-order valence-corrected chi connectivity index (χ0v) is 15.6. The summed E-state index contributed by atoms with van der Waals surface area (Å²) in [5.74, 6) is -0.182. The molecule has 0 heterocycles. The van der Waals surface area contributed by atoms with E-state index >= 15 is 0 Å². The molecule has 1 nitrogen and oxygen atoms in total. The highest BCUT2D eigenvalue weighted by Crippen LogP contribution is 2.29. The molecule has 1 N–H and O–H groups in total. The number of halogens is 1. The fraction of sp³-hybridized carbons (Fsp3) is 0.250. The van der Waals surface area contributed by atoms with E-state index in [2.05, 4.69) is 24.4 Å². The van der Waals surface area contributed by atoms with Gasteiger partial charge in [0, 0.05) is 18.3 Å². The number of anilines is 1. The van der Waals surface area contributed by atoms with Crippen molar-refractivity contribution >= 4 is 5.69 Å². The Labute approximate surface area is 155 Å². The summed E-state index contributed by atoms with van der Waals surface area (Å²) >= 11 is 0. The summed E-state index contributed by atoms with van der Waals surface area (Å²) < 4.78 is 14.7. The van der Waals surface area contributed by atoms with E-state index in [4.69, 9.17) is 0 Å². The van der Waals surface area contributed by atoms with Crippen LogP contribution < -0.4 is 5.32 Å². The molecule has 0 radical (unpaired) electrons. The monoisotopic (exact) mass is 347 g/mol. The molecule has 3 rings (SSSR count). The summed E-state index contributed by atoms with van der Waals surface area (Å²) in [4.78, 5) is 0. The standard InChI is InChI=1S/C24H26FN/c1-3-4-5-6-18-7-9-20(10-8-18)23-16-13-21(17-24(23)25)19-11-14-22(26-2)15-12-19/h7-17,26H,3-6H2,1-2H3. The van der Waals surface area contributed by atoms with Crippen LogP contribution in [0.5, 0.6) is 0 Å². The van der Waals surface area contributed by atoms with Crippen LogP contribution in [0.2, 0.25) is 0 Å². The summed E-state index contributed by atoms with van der Waals surface area (Å²) in [5, 5.41) is 3.09. The first-order valence-corrected chi connectivity index (χ1v) is 9.38. The first-order valence-electron chi connectivity index (χ1n) is 9.38. The molecule has 0 aliphatic heterocycles. The lowest BCUT2D eigenvalue weighted by Gasteiger charge is -2.09. The van der Waals surface area contributed by atoms with E-state index < -0.39 is 0 Å². The van der Waals surface area contributed by atoms with Crippen LogP contribution in [0, 0.1) is 5.82 Å². The Kier molecular flexibility index (Phi) is 6.06. The fourth-order valence-electron chi connectivity index (χ4n) is 3.19. The van der Waals surface area contributed by atoms with E-state index in [1.165, 1.54) is 24.8 Å². The van der Waals surface area contributed by atoms with Crippen molar-refractivity contribution in [3.05, 3.63) is 78.1 Å². The van der Waals surface area contributed by atoms with Gasteiger partial charge in [-0.3, -0.25) is 0 Å². The minimum atomic E-state index is -0.182. The van der Waals surface area contributed by atoms with Gasteiger partial charge in [-0.25, -0.2) is 4.39 Å². The van der Waals surface area contributed by atoms with E-state index in [0.717, 1.165) is 28.8 Å². The van der Waals surface area contributed by atoms with Crippen molar-refractivity contribution in [2.24, 2.45) is 0 Å². The number of hydrogen-bond acceptors (Lipinski definition) is 1. The van der Waals surface area contributed by atoms with Crippen LogP contribution >= 0.6 is 0 Å². The van der Waals surface area contributed by atoms with E-state index in [1.807, 2.05) is 55.6 Å². The predicted molar refractivity (Wildman–Crippen MR) is 110 cm³/mol. The van der Waals surface area contributed by atoms with Crippen molar-refractivity contribution in [1.29, 1.82) is 0 Å². The van der Waals surface area contributed by atoms with Crippen LogP contribution in [0.25, 0.3) is 22.3 Å². The first-order chi connectivity index (χ1) is 12.7. The average molecular weight is 347 g/mol. The Bertz CT molecular complexity index is 835. The molecule has 0 aromatic heterocycles. The van der Waals surface area contributed by atoms with E-state index in [1.54, 1.807) is 6.07 Å². The maximum Gasteiger partial charge on any atom is 0.131 e. The number of aryl methyl sites for hydroxylation is 1. The first kappa shape index (κ1) is 18.2. The largest absolute Gasteiger partial charge is 0.388 e.